The van der Waals surface area contributed by atoms with Crippen LogP contribution in [0.15, 0.2) is 53.4 Å². The lowest BCUT2D eigenvalue weighted by Crippen LogP contribution is -2.36. The van der Waals surface area contributed by atoms with Gasteiger partial charge in [-0.3, -0.25) is 14.4 Å². The molecule has 1 aliphatic rings. The average Bonchev–Trinajstić information content (AvgIpc) is 2.87. The summed E-state index contributed by atoms with van der Waals surface area (Å²) in [5.41, 5.74) is 1.39. The van der Waals surface area contributed by atoms with Crippen molar-refractivity contribution in [3.8, 4) is 0 Å². The molecule has 0 aromatic heterocycles. The standard InChI is InChI=1S/C25H32N4O5S/c1-18(2)23(30)28-21-10-6-19(7-11-21)24(31)26-14-15-27-25(32)20-8-12-22(13-9-20)35(33,34)29-16-4-3-5-17-29/h6-13,18H,3-5,14-17H2,1-2H3,(H,26,31)(H,27,32)(H,28,30). The lowest BCUT2D eigenvalue weighted by Gasteiger charge is -2.25. The van der Waals surface area contributed by atoms with E-state index in [-0.39, 0.29) is 41.6 Å². The highest BCUT2D eigenvalue weighted by atomic mass is 32.2. The van der Waals surface area contributed by atoms with Crippen molar-refractivity contribution in [1.29, 1.82) is 0 Å². The van der Waals surface area contributed by atoms with Gasteiger partial charge in [0.2, 0.25) is 15.9 Å². The third-order valence-electron chi connectivity index (χ3n) is 5.70. The van der Waals surface area contributed by atoms with E-state index in [9.17, 15) is 22.8 Å². The molecule has 1 aliphatic heterocycles. The van der Waals surface area contributed by atoms with E-state index in [2.05, 4.69) is 16.0 Å². The maximum absolute atomic E-state index is 12.7. The maximum Gasteiger partial charge on any atom is 0.251 e. The highest BCUT2D eigenvalue weighted by molar-refractivity contribution is 7.89. The minimum atomic E-state index is -3.54. The Kier molecular flexibility index (Phi) is 9.00. The first-order valence-corrected chi connectivity index (χ1v) is 13.2. The zero-order chi connectivity index (χ0) is 25.4. The molecule has 2 aromatic rings. The van der Waals surface area contributed by atoms with Crippen molar-refractivity contribution in [2.75, 3.05) is 31.5 Å². The van der Waals surface area contributed by atoms with Crippen LogP contribution in [0.5, 0.6) is 0 Å². The largest absolute Gasteiger partial charge is 0.350 e. The van der Waals surface area contributed by atoms with Crippen LogP contribution in [-0.2, 0) is 14.8 Å². The molecule has 1 fully saturated rings. The number of sulfonamides is 1. The molecule has 3 N–H and O–H groups in total. The Morgan fingerprint density at radius 1 is 0.800 bits per heavy atom. The van der Waals surface area contributed by atoms with Crippen LogP contribution in [-0.4, -0.2) is 56.6 Å². The van der Waals surface area contributed by atoms with Crippen LogP contribution in [0.1, 0.15) is 53.8 Å². The van der Waals surface area contributed by atoms with E-state index in [0.717, 1.165) is 19.3 Å². The van der Waals surface area contributed by atoms with Gasteiger partial charge >= 0.3 is 0 Å². The van der Waals surface area contributed by atoms with E-state index in [1.807, 2.05) is 0 Å². The molecular weight excluding hydrogens is 468 g/mol. The number of hydrogen-bond donors (Lipinski definition) is 3. The molecule has 0 bridgehead atoms. The number of rotatable bonds is 9. The van der Waals surface area contributed by atoms with Crippen molar-refractivity contribution in [3.63, 3.8) is 0 Å². The highest BCUT2D eigenvalue weighted by Crippen LogP contribution is 2.20. The van der Waals surface area contributed by atoms with Gasteiger partial charge in [-0.05, 0) is 61.4 Å². The molecule has 0 atom stereocenters. The maximum atomic E-state index is 12.7. The molecule has 9 nitrogen and oxygen atoms in total. The fraction of sp³-hybridized carbons (Fsp3) is 0.400. The van der Waals surface area contributed by atoms with Gasteiger partial charge in [0.1, 0.15) is 0 Å². The van der Waals surface area contributed by atoms with Crippen LogP contribution >= 0.6 is 0 Å². The van der Waals surface area contributed by atoms with Crippen molar-refractivity contribution >= 4 is 33.4 Å². The van der Waals surface area contributed by atoms with Crippen molar-refractivity contribution in [1.82, 2.24) is 14.9 Å². The van der Waals surface area contributed by atoms with E-state index < -0.39 is 10.0 Å². The van der Waals surface area contributed by atoms with Crippen LogP contribution in [0.4, 0.5) is 5.69 Å². The lowest BCUT2D eigenvalue weighted by atomic mass is 10.1. The van der Waals surface area contributed by atoms with Gasteiger partial charge in [0, 0.05) is 48.9 Å². The molecule has 0 saturated carbocycles. The summed E-state index contributed by atoms with van der Waals surface area (Å²) in [4.78, 5) is 36.6. The van der Waals surface area contributed by atoms with Crippen LogP contribution in [0.3, 0.4) is 0 Å². The minimum absolute atomic E-state index is 0.101. The smallest absolute Gasteiger partial charge is 0.251 e. The van der Waals surface area contributed by atoms with E-state index in [1.54, 1.807) is 38.1 Å². The Hall–Kier alpha value is -3.24. The van der Waals surface area contributed by atoms with Gasteiger partial charge in [0.15, 0.2) is 0 Å². The summed E-state index contributed by atoms with van der Waals surface area (Å²) in [7, 11) is -3.54. The number of carbonyl (C=O) groups is 3. The predicted molar refractivity (Wildman–Crippen MR) is 134 cm³/mol. The van der Waals surface area contributed by atoms with Gasteiger partial charge in [-0.2, -0.15) is 4.31 Å². The third-order valence-corrected chi connectivity index (χ3v) is 7.62. The number of nitrogens with zero attached hydrogens (tertiary/aromatic N) is 1. The summed E-state index contributed by atoms with van der Waals surface area (Å²) < 4.78 is 26.9. The molecule has 0 aliphatic carbocycles. The minimum Gasteiger partial charge on any atom is -0.350 e. The van der Waals surface area contributed by atoms with Crippen molar-refractivity contribution in [2.24, 2.45) is 5.92 Å². The number of nitrogens with one attached hydrogen (secondary N) is 3. The van der Waals surface area contributed by atoms with E-state index >= 15 is 0 Å². The first-order chi connectivity index (χ1) is 16.7. The summed E-state index contributed by atoms with van der Waals surface area (Å²) in [6.45, 7) is 5.07. The summed E-state index contributed by atoms with van der Waals surface area (Å²) in [5.74, 6) is -0.894. The molecule has 3 amide bonds. The lowest BCUT2D eigenvalue weighted by molar-refractivity contribution is -0.118. The van der Waals surface area contributed by atoms with Crippen LogP contribution in [0, 0.1) is 5.92 Å². The second-order valence-corrected chi connectivity index (χ2v) is 10.7. The van der Waals surface area contributed by atoms with E-state index in [1.165, 1.54) is 28.6 Å². The summed E-state index contributed by atoms with van der Waals surface area (Å²) in [5, 5.41) is 8.19. The quantitative estimate of drug-likeness (QED) is 0.457. The van der Waals surface area contributed by atoms with Gasteiger partial charge in [-0.25, -0.2) is 8.42 Å². The van der Waals surface area contributed by atoms with Gasteiger partial charge in [-0.1, -0.05) is 20.3 Å². The van der Waals surface area contributed by atoms with Gasteiger partial charge < -0.3 is 16.0 Å². The molecule has 0 radical (unpaired) electrons. The number of amides is 3. The zero-order valence-corrected chi connectivity index (χ0v) is 20.9. The van der Waals surface area contributed by atoms with Gasteiger partial charge in [0.25, 0.3) is 11.8 Å². The van der Waals surface area contributed by atoms with Crippen molar-refractivity contribution in [3.05, 3.63) is 59.7 Å². The highest BCUT2D eigenvalue weighted by Gasteiger charge is 2.25. The third kappa shape index (κ3) is 7.12. The van der Waals surface area contributed by atoms with Crippen LogP contribution in [0.2, 0.25) is 0 Å². The van der Waals surface area contributed by atoms with Crippen LogP contribution < -0.4 is 16.0 Å². The Labute approximate surface area is 206 Å². The first kappa shape index (κ1) is 26.4. The Morgan fingerprint density at radius 3 is 1.77 bits per heavy atom. The van der Waals surface area contributed by atoms with E-state index in [0.29, 0.717) is 29.9 Å². The normalized spacial score (nSPS) is 14.4. The Bertz CT molecular complexity index is 1140. The number of anilines is 1. The fourth-order valence-electron chi connectivity index (χ4n) is 3.58. The number of benzene rings is 2. The van der Waals surface area contributed by atoms with E-state index in [4.69, 9.17) is 0 Å². The number of carbonyl (C=O) groups excluding carboxylic acids is 3. The number of piperidine rings is 1. The molecule has 2 aromatic carbocycles. The second kappa shape index (κ2) is 11.9. The molecule has 10 heteroatoms. The molecule has 3 rings (SSSR count). The summed E-state index contributed by atoms with van der Waals surface area (Å²) in [6.07, 6.45) is 2.76. The van der Waals surface area contributed by atoms with Crippen molar-refractivity contribution in [2.45, 2.75) is 38.0 Å². The fourth-order valence-corrected chi connectivity index (χ4v) is 5.10. The Balaban J connectivity index is 1.44. The molecule has 0 unspecified atom stereocenters. The topological polar surface area (TPSA) is 125 Å². The number of hydrogen-bond acceptors (Lipinski definition) is 5. The van der Waals surface area contributed by atoms with Gasteiger partial charge in [-0.15, -0.1) is 0 Å². The molecule has 35 heavy (non-hydrogen) atoms. The molecule has 188 valence electrons. The second-order valence-electron chi connectivity index (χ2n) is 8.72. The zero-order valence-electron chi connectivity index (χ0n) is 20.0. The van der Waals surface area contributed by atoms with Crippen molar-refractivity contribution < 1.29 is 22.8 Å². The SMILES string of the molecule is CC(C)C(=O)Nc1ccc(C(=O)NCCNC(=O)c2ccc(S(=O)(=O)N3CCCCC3)cc2)cc1. The monoisotopic (exact) mass is 500 g/mol. The van der Waals surface area contributed by atoms with Gasteiger partial charge in [0.05, 0.1) is 4.90 Å². The summed E-state index contributed by atoms with van der Waals surface area (Å²) >= 11 is 0. The van der Waals surface area contributed by atoms with Crippen LogP contribution in [0.25, 0.3) is 0 Å². The summed E-state index contributed by atoms with van der Waals surface area (Å²) in [6, 6.07) is 12.4. The molecule has 0 spiro atoms. The molecular formula is C25H32N4O5S. The Morgan fingerprint density at radius 2 is 1.29 bits per heavy atom. The average molecular weight is 501 g/mol. The molecule has 1 heterocycles. The first-order valence-electron chi connectivity index (χ1n) is 11.8. The molecule has 1 saturated heterocycles. The predicted octanol–water partition coefficient (Wildman–Crippen LogP) is 2.62.